The van der Waals surface area contributed by atoms with Crippen molar-refractivity contribution in [2.75, 3.05) is 11.9 Å². The average Bonchev–Trinajstić information content (AvgIpc) is 2.42. The molecular formula is C14H8Cl5NO2. The van der Waals surface area contributed by atoms with Crippen LogP contribution in [0.5, 0.6) is 5.75 Å². The smallest absolute Gasteiger partial charge is 0.262 e. The third kappa shape index (κ3) is 4.34. The Bertz CT molecular complexity index is 677. The van der Waals surface area contributed by atoms with Crippen molar-refractivity contribution < 1.29 is 9.53 Å². The van der Waals surface area contributed by atoms with Crippen LogP contribution in [0.25, 0.3) is 0 Å². The van der Waals surface area contributed by atoms with Gasteiger partial charge in [0.25, 0.3) is 5.91 Å². The van der Waals surface area contributed by atoms with E-state index in [1.54, 1.807) is 18.2 Å². The van der Waals surface area contributed by atoms with E-state index in [2.05, 4.69) is 5.32 Å². The lowest BCUT2D eigenvalue weighted by Gasteiger charge is -2.12. The normalized spacial score (nSPS) is 10.4. The molecule has 0 bridgehead atoms. The van der Waals surface area contributed by atoms with E-state index in [1.807, 2.05) is 0 Å². The molecular weight excluding hydrogens is 391 g/mol. The number of para-hydroxylation sites is 1. The molecule has 1 amide bonds. The van der Waals surface area contributed by atoms with E-state index >= 15 is 0 Å². The average molecular weight is 399 g/mol. The molecule has 2 aromatic carbocycles. The molecule has 1 N–H and O–H groups in total. The van der Waals surface area contributed by atoms with Crippen molar-refractivity contribution in [2.45, 2.75) is 0 Å². The summed E-state index contributed by atoms with van der Waals surface area (Å²) in [7, 11) is 0. The van der Waals surface area contributed by atoms with E-state index in [0.29, 0.717) is 15.1 Å². The summed E-state index contributed by atoms with van der Waals surface area (Å²) in [4.78, 5) is 11.9. The lowest BCUT2D eigenvalue weighted by atomic mass is 10.3. The van der Waals surface area contributed by atoms with Gasteiger partial charge < -0.3 is 10.1 Å². The van der Waals surface area contributed by atoms with Crippen LogP contribution in [0, 0.1) is 0 Å². The second kappa shape index (κ2) is 7.62. The van der Waals surface area contributed by atoms with E-state index in [1.165, 1.54) is 12.1 Å². The van der Waals surface area contributed by atoms with Gasteiger partial charge in [-0.3, -0.25) is 4.79 Å². The Morgan fingerprint density at radius 2 is 1.50 bits per heavy atom. The van der Waals surface area contributed by atoms with Gasteiger partial charge >= 0.3 is 0 Å². The zero-order valence-electron chi connectivity index (χ0n) is 10.8. The van der Waals surface area contributed by atoms with Crippen LogP contribution in [0.15, 0.2) is 30.3 Å². The van der Waals surface area contributed by atoms with E-state index < -0.39 is 5.91 Å². The largest absolute Gasteiger partial charge is 0.481 e. The Hall–Kier alpha value is -0.840. The van der Waals surface area contributed by atoms with Gasteiger partial charge in [-0.15, -0.1) is 0 Å². The van der Waals surface area contributed by atoms with Gasteiger partial charge in [0, 0.05) is 5.02 Å². The van der Waals surface area contributed by atoms with Gasteiger partial charge in [-0.2, -0.15) is 0 Å². The molecule has 0 aliphatic rings. The van der Waals surface area contributed by atoms with Crippen molar-refractivity contribution >= 4 is 69.6 Å². The number of hydrogen-bond donors (Lipinski definition) is 1. The molecule has 0 aliphatic heterocycles. The number of ether oxygens (including phenoxy) is 1. The maximum absolute atomic E-state index is 11.9. The lowest BCUT2D eigenvalue weighted by Crippen LogP contribution is -2.20. The molecule has 8 heteroatoms. The summed E-state index contributed by atoms with van der Waals surface area (Å²) in [6.45, 7) is -0.307. The third-order valence-corrected chi connectivity index (χ3v) is 3.95. The lowest BCUT2D eigenvalue weighted by molar-refractivity contribution is -0.118. The van der Waals surface area contributed by atoms with Gasteiger partial charge in [0.2, 0.25) is 0 Å². The quantitative estimate of drug-likeness (QED) is 0.688. The fraction of sp³-hybridized carbons (Fsp3) is 0.0714. The van der Waals surface area contributed by atoms with Gasteiger partial charge in [0.15, 0.2) is 12.4 Å². The molecule has 0 unspecified atom stereocenters. The van der Waals surface area contributed by atoms with Crippen molar-refractivity contribution in [1.29, 1.82) is 0 Å². The number of amides is 1. The molecule has 0 radical (unpaired) electrons. The Kier molecular flexibility index (Phi) is 6.07. The Balaban J connectivity index is 2.05. The summed E-state index contributed by atoms with van der Waals surface area (Å²) >= 11 is 29.6. The number of halogens is 5. The first kappa shape index (κ1) is 17.5. The predicted octanol–water partition coefficient (Wildman–Crippen LogP) is 5.97. The van der Waals surface area contributed by atoms with Crippen LogP contribution in [0.3, 0.4) is 0 Å². The summed E-state index contributed by atoms with van der Waals surface area (Å²) in [6, 6.07) is 7.82. The first-order valence-corrected chi connectivity index (χ1v) is 7.78. The zero-order valence-corrected chi connectivity index (χ0v) is 14.6. The fourth-order valence-electron chi connectivity index (χ4n) is 1.60. The Labute approximate surface area is 152 Å². The number of nitrogens with one attached hydrogen (secondary N) is 1. The minimum Gasteiger partial charge on any atom is -0.481 e. The van der Waals surface area contributed by atoms with Crippen molar-refractivity contribution in [3.05, 3.63) is 55.4 Å². The van der Waals surface area contributed by atoms with E-state index in [0.717, 1.165) is 0 Å². The van der Waals surface area contributed by atoms with Crippen LogP contribution in [0.2, 0.25) is 25.1 Å². The van der Waals surface area contributed by atoms with E-state index in [4.69, 9.17) is 62.7 Å². The first-order valence-electron chi connectivity index (χ1n) is 5.89. The third-order valence-electron chi connectivity index (χ3n) is 2.54. The van der Waals surface area contributed by atoms with Gasteiger partial charge in [-0.1, -0.05) is 64.1 Å². The highest BCUT2D eigenvalue weighted by atomic mass is 35.5. The molecule has 0 saturated carbocycles. The molecule has 22 heavy (non-hydrogen) atoms. The van der Waals surface area contributed by atoms with E-state index in [-0.39, 0.29) is 28.1 Å². The Morgan fingerprint density at radius 1 is 0.955 bits per heavy atom. The standard InChI is InChI=1S/C14H8Cl5NO2/c15-7-4-10(18)13(11(19)5-7)20-12(21)6-22-14-8(16)2-1-3-9(14)17/h1-5H,6H2,(H,20,21). The Morgan fingerprint density at radius 3 is 2.05 bits per heavy atom. The molecule has 0 aromatic heterocycles. The monoisotopic (exact) mass is 397 g/mol. The van der Waals surface area contributed by atoms with Crippen LogP contribution in [-0.2, 0) is 4.79 Å². The fourth-order valence-corrected chi connectivity index (χ4v) is 3.01. The topological polar surface area (TPSA) is 38.3 Å². The van der Waals surface area contributed by atoms with Crippen LogP contribution in [-0.4, -0.2) is 12.5 Å². The van der Waals surface area contributed by atoms with Crippen molar-refractivity contribution in [2.24, 2.45) is 0 Å². The van der Waals surface area contributed by atoms with Gasteiger partial charge in [-0.05, 0) is 24.3 Å². The number of carbonyl (C=O) groups is 1. The van der Waals surface area contributed by atoms with Crippen molar-refractivity contribution in [3.8, 4) is 5.75 Å². The van der Waals surface area contributed by atoms with Crippen LogP contribution >= 0.6 is 58.0 Å². The first-order chi connectivity index (χ1) is 10.4. The van der Waals surface area contributed by atoms with Crippen molar-refractivity contribution in [1.82, 2.24) is 0 Å². The number of hydrogen-bond acceptors (Lipinski definition) is 2. The second-order valence-corrected chi connectivity index (χ2v) is 6.20. The van der Waals surface area contributed by atoms with Gasteiger partial charge in [0.1, 0.15) is 0 Å². The summed E-state index contributed by atoms with van der Waals surface area (Å²) in [5.74, 6) is -0.239. The highest BCUT2D eigenvalue weighted by molar-refractivity contribution is 6.42. The molecule has 0 saturated heterocycles. The highest BCUT2D eigenvalue weighted by Crippen LogP contribution is 2.34. The minimum absolute atomic E-state index is 0.224. The highest BCUT2D eigenvalue weighted by Gasteiger charge is 2.13. The summed E-state index contributed by atoms with van der Waals surface area (Å²) in [5.41, 5.74) is 0.256. The molecule has 0 spiro atoms. The maximum atomic E-state index is 11.9. The molecule has 0 atom stereocenters. The SMILES string of the molecule is O=C(COc1c(Cl)cccc1Cl)Nc1c(Cl)cc(Cl)cc1Cl. The second-order valence-electron chi connectivity index (χ2n) is 4.13. The van der Waals surface area contributed by atoms with E-state index in [9.17, 15) is 4.79 Å². The van der Waals surface area contributed by atoms with Gasteiger partial charge in [-0.25, -0.2) is 0 Å². The summed E-state index contributed by atoms with van der Waals surface area (Å²) in [5, 5.41) is 3.97. The molecule has 2 rings (SSSR count). The summed E-state index contributed by atoms with van der Waals surface area (Å²) < 4.78 is 5.32. The number of carbonyl (C=O) groups excluding carboxylic acids is 1. The molecule has 2 aromatic rings. The number of benzene rings is 2. The summed E-state index contributed by atoms with van der Waals surface area (Å²) in [6.07, 6.45) is 0. The maximum Gasteiger partial charge on any atom is 0.262 e. The minimum atomic E-state index is -0.470. The zero-order chi connectivity index (χ0) is 16.3. The molecule has 0 fully saturated rings. The molecule has 3 nitrogen and oxygen atoms in total. The van der Waals surface area contributed by atoms with Crippen LogP contribution < -0.4 is 10.1 Å². The van der Waals surface area contributed by atoms with Gasteiger partial charge in [0.05, 0.1) is 25.8 Å². The molecule has 0 heterocycles. The van der Waals surface area contributed by atoms with Crippen LogP contribution in [0.1, 0.15) is 0 Å². The molecule has 116 valence electrons. The van der Waals surface area contributed by atoms with Crippen molar-refractivity contribution in [3.63, 3.8) is 0 Å². The van der Waals surface area contributed by atoms with Crippen LogP contribution in [0.4, 0.5) is 5.69 Å². The number of rotatable bonds is 4. The number of anilines is 1. The molecule has 0 aliphatic carbocycles. The predicted molar refractivity (Wildman–Crippen MR) is 92.1 cm³/mol.